The molecule has 6 nitrogen and oxygen atoms in total. The Morgan fingerprint density at radius 2 is 1.63 bits per heavy atom. The highest BCUT2D eigenvalue weighted by atomic mass is 32.2. The lowest BCUT2D eigenvalue weighted by atomic mass is 10.1. The molecule has 0 heterocycles. The van der Waals surface area contributed by atoms with Gasteiger partial charge in [-0.05, 0) is 43.3 Å². The molecule has 0 aromatic heterocycles. The van der Waals surface area contributed by atoms with Crippen LogP contribution in [0.2, 0.25) is 0 Å². The van der Waals surface area contributed by atoms with E-state index in [0.29, 0.717) is 5.56 Å². The van der Waals surface area contributed by atoms with E-state index in [0.717, 1.165) is 24.3 Å². The summed E-state index contributed by atoms with van der Waals surface area (Å²) in [5.74, 6) is -1.20. The summed E-state index contributed by atoms with van der Waals surface area (Å²) in [6.07, 6.45) is -4.54. The van der Waals surface area contributed by atoms with Crippen molar-refractivity contribution in [3.05, 3.63) is 59.7 Å². The number of ketones is 1. The smallest absolute Gasteiger partial charge is 0.343 e. The Bertz CT molecular complexity index is 955. The van der Waals surface area contributed by atoms with Gasteiger partial charge in [0.05, 0.1) is 4.90 Å². The van der Waals surface area contributed by atoms with Crippen LogP contribution in [0.1, 0.15) is 27.6 Å². The summed E-state index contributed by atoms with van der Waals surface area (Å²) in [4.78, 5) is 22.8. The van der Waals surface area contributed by atoms with E-state index >= 15 is 0 Å². The fourth-order valence-corrected chi connectivity index (χ4v) is 3.13. The SMILES string of the molecule is CC(=O)c1cccc(NS(=O)(=O)c2ccc(C(=O)NCC(F)(F)F)cc2)c1. The second-order valence-electron chi connectivity index (χ2n) is 5.56. The number of amides is 1. The normalized spacial score (nSPS) is 11.7. The van der Waals surface area contributed by atoms with Crippen molar-refractivity contribution in [3.8, 4) is 0 Å². The molecular weight excluding hydrogens is 385 g/mol. The third-order valence-electron chi connectivity index (χ3n) is 3.40. The molecule has 0 atom stereocenters. The highest BCUT2D eigenvalue weighted by molar-refractivity contribution is 7.92. The van der Waals surface area contributed by atoms with Crippen LogP contribution in [0.3, 0.4) is 0 Å². The molecule has 0 unspecified atom stereocenters. The van der Waals surface area contributed by atoms with Crippen molar-refractivity contribution < 1.29 is 31.2 Å². The van der Waals surface area contributed by atoms with E-state index in [1.807, 2.05) is 0 Å². The van der Waals surface area contributed by atoms with Crippen LogP contribution in [0.5, 0.6) is 0 Å². The molecule has 0 fully saturated rings. The average molecular weight is 400 g/mol. The van der Waals surface area contributed by atoms with Crippen molar-refractivity contribution in [1.29, 1.82) is 0 Å². The highest BCUT2D eigenvalue weighted by Gasteiger charge is 2.28. The van der Waals surface area contributed by atoms with Crippen LogP contribution in [0, 0.1) is 0 Å². The number of alkyl halides is 3. The molecule has 27 heavy (non-hydrogen) atoms. The molecule has 144 valence electrons. The van der Waals surface area contributed by atoms with Crippen LogP contribution in [0.25, 0.3) is 0 Å². The summed E-state index contributed by atoms with van der Waals surface area (Å²) in [5.41, 5.74) is 0.387. The lowest BCUT2D eigenvalue weighted by Gasteiger charge is -2.10. The first-order valence-corrected chi connectivity index (χ1v) is 9.05. The number of Topliss-reactive ketones (excluding diaryl/α,β-unsaturated/α-hetero) is 1. The lowest BCUT2D eigenvalue weighted by Crippen LogP contribution is -2.33. The zero-order chi connectivity index (χ0) is 20.2. The number of hydrogen-bond acceptors (Lipinski definition) is 4. The van der Waals surface area contributed by atoms with Gasteiger partial charge in [0, 0.05) is 16.8 Å². The number of anilines is 1. The third-order valence-corrected chi connectivity index (χ3v) is 4.79. The Morgan fingerprint density at radius 3 is 2.19 bits per heavy atom. The van der Waals surface area contributed by atoms with Crippen molar-refractivity contribution in [1.82, 2.24) is 5.32 Å². The van der Waals surface area contributed by atoms with Crippen LogP contribution < -0.4 is 10.0 Å². The first-order chi connectivity index (χ1) is 12.5. The molecule has 0 spiro atoms. The number of rotatable bonds is 6. The van der Waals surface area contributed by atoms with Gasteiger partial charge in [-0.25, -0.2) is 8.42 Å². The average Bonchev–Trinajstić information content (AvgIpc) is 2.59. The van der Waals surface area contributed by atoms with Crippen LogP contribution in [0.4, 0.5) is 18.9 Å². The maximum Gasteiger partial charge on any atom is 0.405 e. The molecule has 2 aromatic rings. The molecule has 0 bridgehead atoms. The quantitative estimate of drug-likeness (QED) is 0.730. The van der Waals surface area contributed by atoms with Gasteiger partial charge in [0.15, 0.2) is 5.78 Å². The Morgan fingerprint density at radius 1 is 1.00 bits per heavy atom. The molecule has 0 aliphatic carbocycles. The Balaban J connectivity index is 2.14. The van der Waals surface area contributed by atoms with Gasteiger partial charge in [0.2, 0.25) is 0 Å². The van der Waals surface area contributed by atoms with Crippen LogP contribution in [0.15, 0.2) is 53.4 Å². The largest absolute Gasteiger partial charge is 0.405 e. The molecule has 0 saturated heterocycles. The van der Waals surface area contributed by atoms with Crippen molar-refractivity contribution >= 4 is 27.4 Å². The van der Waals surface area contributed by atoms with Gasteiger partial charge >= 0.3 is 6.18 Å². The van der Waals surface area contributed by atoms with E-state index in [4.69, 9.17) is 0 Å². The Labute approximate surface area is 153 Å². The first-order valence-electron chi connectivity index (χ1n) is 7.57. The summed E-state index contributed by atoms with van der Waals surface area (Å²) >= 11 is 0. The zero-order valence-electron chi connectivity index (χ0n) is 14.0. The molecule has 0 saturated carbocycles. The minimum absolute atomic E-state index is 0.114. The topological polar surface area (TPSA) is 92.3 Å². The van der Waals surface area contributed by atoms with Gasteiger partial charge < -0.3 is 5.32 Å². The van der Waals surface area contributed by atoms with Crippen molar-refractivity contribution in [2.45, 2.75) is 18.0 Å². The molecule has 10 heteroatoms. The number of halogens is 3. The molecule has 2 aromatic carbocycles. The summed E-state index contributed by atoms with van der Waals surface area (Å²) in [6.45, 7) is -0.143. The summed E-state index contributed by atoms with van der Waals surface area (Å²) in [5, 5.41) is 1.69. The van der Waals surface area contributed by atoms with E-state index in [1.54, 1.807) is 5.32 Å². The fourth-order valence-electron chi connectivity index (χ4n) is 2.08. The zero-order valence-corrected chi connectivity index (χ0v) is 14.8. The summed E-state index contributed by atoms with van der Waals surface area (Å²) in [6, 6.07) is 10.3. The predicted molar refractivity (Wildman–Crippen MR) is 92.1 cm³/mol. The maximum atomic E-state index is 12.4. The number of benzene rings is 2. The van der Waals surface area contributed by atoms with Crippen molar-refractivity contribution in [2.75, 3.05) is 11.3 Å². The Kier molecular flexibility index (Phi) is 5.89. The van der Waals surface area contributed by atoms with Crippen LogP contribution in [-0.2, 0) is 10.0 Å². The van der Waals surface area contributed by atoms with Gasteiger partial charge in [-0.1, -0.05) is 12.1 Å². The van der Waals surface area contributed by atoms with Gasteiger partial charge in [0.25, 0.3) is 15.9 Å². The van der Waals surface area contributed by atoms with E-state index in [2.05, 4.69) is 4.72 Å². The molecule has 0 aliphatic rings. The van der Waals surface area contributed by atoms with Crippen LogP contribution >= 0.6 is 0 Å². The van der Waals surface area contributed by atoms with E-state index in [-0.39, 0.29) is 21.9 Å². The molecular formula is C17H15F3N2O4S. The minimum Gasteiger partial charge on any atom is -0.343 e. The van der Waals surface area contributed by atoms with Crippen molar-refractivity contribution in [2.24, 2.45) is 0 Å². The van der Waals surface area contributed by atoms with Gasteiger partial charge in [0.1, 0.15) is 6.54 Å². The molecule has 1 amide bonds. The minimum atomic E-state index is -4.54. The second kappa shape index (κ2) is 7.78. The second-order valence-corrected chi connectivity index (χ2v) is 7.25. The first kappa shape index (κ1) is 20.4. The van der Waals surface area contributed by atoms with E-state index < -0.39 is 28.7 Å². The maximum absolute atomic E-state index is 12.4. The van der Waals surface area contributed by atoms with Crippen LogP contribution in [-0.4, -0.2) is 32.8 Å². The standard InChI is InChI=1S/C17H15F3N2O4S/c1-11(23)13-3-2-4-14(9-13)22-27(25,26)15-7-5-12(6-8-15)16(24)21-10-17(18,19)20/h2-9,22H,10H2,1H3,(H,21,24). The molecule has 2 rings (SSSR count). The summed E-state index contributed by atoms with van der Waals surface area (Å²) in [7, 11) is -4.01. The summed E-state index contributed by atoms with van der Waals surface area (Å²) < 4.78 is 63.4. The highest BCUT2D eigenvalue weighted by Crippen LogP contribution is 2.18. The lowest BCUT2D eigenvalue weighted by molar-refractivity contribution is -0.123. The Hall–Kier alpha value is -2.88. The van der Waals surface area contributed by atoms with E-state index in [1.165, 1.54) is 31.2 Å². The number of sulfonamides is 1. The third kappa shape index (κ3) is 5.81. The number of carbonyl (C=O) groups is 2. The molecule has 0 aliphatic heterocycles. The van der Waals surface area contributed by atoms with Gasteiger partial charge in [-0.15, -0.1) is 0 Å². The fraction of sp³-hybridized carbons (Fsp3) is 0.176. The van der Waals surface area contributed by atoms with Crippen molar-refractivity contribution in [3.63, 3.8) is 0 Å². The van der Waals surface area contributed by atoms with E-state index in [9.17, 15) is 31.2 Å². The molecule has 0 radical (unpaired) electrons. The molecule has 2 N–H and O–H groups in total. The number of carbonyl (C=O) groups excluding carboxylic acids is 2. The van der Waals surface area contributed by atoms with Gasteiger partial charge in [-0.3, -0.25) is 14.3 Å². The number of nitrogens with one attached hydrogen (secondary N) is 2. The number of hydrogen-bond donors (Lipinski definition) is 2. The monoisotopic (exact) mass is 400 g/mol. The predicted octanol–water partition coefficient (Wildman–Crippen LogP) is 2.98. The van der Waals surface area contributed by atoms with Gasteiger partial charge in [-0.2, -0.15) is 13.2 Å².